The van der Waals surface area contributed by atoms with Crippen molar-refractivity contribution in [1.29, 1.82) is 0 Å². The smallest absolute Gasteiger partial charge is 0.225 e. The first-order valence-corrected chi connectivity index (χ1v) is 7.65. The van der Waals surface area contributed by atoms with E-state index in [9.17, 15) is 0 Å². The van der Waals surface area contributed by atoms with E-state index in [1.165, 1.54) is 11.3 Å². The van der Waals surface area contributed by atoms with Gasteiger partial charge in [0.05, 0.1) is 0 Å². The van der Waals surface area contributed by atoms with Crippen molar-refractivity contribution in [2.24, 2.45) is 0 Å². The summed E-state index contributed by atoms with van der Waals surface area (Å²) in [4.78, 5) is 11.5. The monoisotopic (exact) mass is 266 g/mol. The summed E-state index contributed by atoms with van der Waals surface area (Å²) in [6.45, 7) is 10.4. The van der Waals surface area contributed by atoms with Crippen molar-refractivity contribution in [1.82, 2.24) is 15.3 Å². The average Bonchev–Trinajstić information content (AvgIpc) is 2.37. The van der Waals surface area contributed by atoms with Crippen LogP contribution in [0.3, 0.4) is 0 Å². The van der Waals surface area contributed by atoms with Crippen LogP contribution in [-0.2, 0) is 6.54 Å². The molecule has 1 N–H and O–H groups in total. The normalized spacial score (nSPS) is 20.2. The quantitative estimate of drug-likeness (QED) is 0.900. The van der Waals surface area contributed by atoms with Gasteiger partial charge in [0.1, 0.15) is 0 Å². The van der Waals surface area contributed by atoms with Crippen LogP contribution in [0.2, 0.25) is 0 Å². The van der Waals surface area contributed by atoms with Gasteiger partial charge in [-0.3, -0.25) is 0 Å². The number of rotatable bonds is 4. The number of nitrogens with zero attached hydrogens (tertiary/aromatic N) is 3. The molecular weight excluding hydrogens is 244 g/mol. The molecule has 4 nitrogen and oxygen atoms in total. The van der Waals surface area contributed by atoms with E-state index in [4.69, 9.17) is 0 Å². The maximum Gasteiger partial charge on any atom is 0.225 e. The van der Waals surface area contributed by atoms with E-state index < -0.39 is 0 Å². The molecule has 2 heterocycles. The molecule has 1 saturated heterocycles. The number of nitrogens with one attached hydrogen (secondary N) is 1. The molecule has 0 bridgehead atoms. The number of anilines is 1. The van der Waals surface area contributed by atoms with E-state index in [0.29, 0.717) is 5.25 Å². The lowest BCUT2D eigenvalue weighted by molar-refractivity contribution is 0.708. The molecule has 0 spiro atoms. The number of aromatic nitrogens is 2. The van der Waals surface area contributed by atoms with Crippen LogP contribution in [0.5, 0.6) is 0 Å². The Morgan fingerprint density at radius 3 is 3.06 bits per heavy atom. The second-order valence-electron chi connectivity index (χ2n) is 4.69. The summed E-state index contributed by atoms with van der Waals surface area (Å²) in [6.07, 6.45) is 1.97. The van der Waals surface area contributed by atoms with Crippen LogP contribution in [0.25, 0.3) is 0 Å². The third-order valence-corrected chi connectivity index (χ3v) is 4.29. The molecule has 5 heteroatoms. The van der Waals surface area contributed by atoms with Crippen LogP contribution >= 0.6 is 11.8 Å². The lowest BCUT2D eigenvalue weighted by Gasteiger charge is -2.30. The van der Waals surface area contributed by atoms with Gasteiger partial charge in [0, 0.05) is 48.1 Å². The lowest BCUT2D eigenvalue weighted by Crippen LogP contribution is -2.37. The zero-order chi connectivity index (χ0) is 13.0. The fourth-order valence-corrected chi connectivity index (χ4v) is 3.08. The van der Waals surface area contributed by atoms with Crippen LogP contribution in [0.1, 0.15) is 25.1 Å². The molecule has 1 aliphatic rings. The minimum atomic E-state index is 0.670. The topological polar surface area (TPSA) is 41.1 Å². The first-order chi connectivity index (χ1) is 8.70. The van der Waals surface area contributed by atoms with Gasteiger partial charge in [-0.2, -0.15) is 11.8 Å². The van der Waals surface area contributed by atoms with E-state index in [2.05, 4.69) is 41.0 Å². The highest BCUT2D eigenvalue weighted by Crippen LogP contribution is 2.21. The third kappa shape index (κ3) is 3.36. The average molecular weight is 266 g/mol. The van der Waals surface area contributed by atoms with E-state index in [0.717, 1.165) is 37.8 Å². The van der Waals surface area contributed by atoms with Crippen LogP contribution in [0.15, 0.2) is 6.20 Å². The van der Waals surface area contributed by atoms with Gasteiger partial charge in [0.2, 0.25) is 5.95 Å². The zero-order valence-corrected chi connectivity index (χ0v) is 12.3. The molecule has 1 fully saturated rings. The standard InChI is InChI=1S/C13H22N4S/c1-4-14-7-12-8-15-13(16-11(12)3)17-5-6-18-10(2)9-17/h8,10,14H,4-7,9H2,1-3H3. The van der Waals surface area contributed by atoms with Crippen molar-refractivity contribution in [2.45, 2.75) is 32.6 Å². The molecule has 1 aromatic heterocycles. The van der Waals surface area contributed by atoms with E-state index >= 15 is 0 Å². The highest BCUT2D eigenvalue weighted by Gasteiger charge is 2.19. The van der Waals surface area contributed by atoms with Crippen molar-refractivity contribution in [2.75, 3.05) is 30.3 Å². The molecular formula is C13H22N4S. The van der Waals surface area contributed by atoms with Crippen LogP contribution in [-0.4, -0.2) is 40.6 Å². The molecule has 0 radical (unpaired) electrons. The summed E-state index contributed by atoms with van der Waals surface area (Å²) < 4.78 is 0. The molecule has 1 atom stereocenters. The Morgan fingerprint density at radius 2 is 2.39 bits per heavy atom. The fraction of sp³-hybridized carbons (Fsp3) is 0.692. The first-order valence-electron chi connectivity index (χ1n) is 6.60. The Hall–Kier alpha value is -0.810. The molecule has 18 heavy (non-hydrogen) atoms. The number of aryl methyl sites for hydroxylation is 1. The van der Waals surface area contributed by atoms with Crippen molar-refractivity contribution in [3.8, 4) is 0 Å². The molecule has 1 aromatic rings. The summed E-state index contributed by atoms with van der Waals surface area (Å²) >= 11 is 2.03. The third-order valence-electron chi connectivity index (χ3n) is 3.16. The molecule has 1 aliphatic heterocycles. The second-order valence-corrected chi connectivity index (χ2v) is 6.23. The molecule has 1 unspecified atom stereocenters. The molecule has 0 aliphatic carbocycles. The van der Waals surface area contributed by atoms with Crippen molar-refractivity contribution >= 4 is 17.7 Å². The summed E-state index contributed by atoms with van der Waals surface area (Å²) in [5, 5.41) is 3.98. The van der Waals surface area contributed by atoms with Gasteiger partial charge in [0.15, 0.2) is 0 Å². The second kappa shape index (κ2) is 6.38. The van der Waals surface area contributed by atoms with Gasteiger partial charge < -0.3 is 10.2 Å². The maximum absolute atomic E-state index is 4.65. The van der Waals surface area contributed by atoms with Crippen molar-refractivity contribution in [3.05, 3.63) is 17.5 Å². The summed E-state index contributed by atoms with van der Waals surface area (Å²) in [7, 11) is 0. The Balaban J connectivity index is 2.07. The van der Waals surface area contributed by atoms with Gasteiger partial charge >= 0.3 is 0 Å². The highest BCUT2D eigenvalue weighted by molar-refractivity contribution is 8.00. The molecule has 0 aromatic carbocycles. The Bertz CT molecular complexity index is 397. The number of thioether (sulfide) groups is 1. The van der Waals surface area contributed by atoms with Gasteiger partial charge in [0.25, 0.3) is 0 Å². The van der Waals surface area contributed by atoms with Crippen LogP contribution in [0.4, 0.5) is 5.95 Å². The van der Waals surface area contributed by atoms with Gasteiger partial charge in [-0.15, -0.1) is 0 Å². The predicted molar refractivity (Wildman–Crippen MR) is 78.3 cm³/mol. The molecule has 100 valence electrons. The predicted octanol–water partition coefficient (Wildman–Crippen LogP) is 1.84. The Morgan fingerprint density at radius 1 is 1.56 bits per heavy atom. The Labute approximate surface area is 114 Å². The summed E-state index contributed by atoms with van der Waals surface area (Å²) in [5.41, 5.74) is 2.28. The molecule has 2 rings (SSSR count). The van der Waals surface area contributed by atoms with Crippen molar-refractivity contribution < 1.29 is 0 Å². The SMILES string of the molecule is CCNCc1cnc(N2CCSC(C)C2)nc1C. The molecule has 0 saturated carbocycles. The van der Waals surface area contributed by atoms with Crippen LogP contribution in [0, 0.1) is 6.92 Å². The van der Waals surface area contributed by atoms with Gasteiger partial charge in [-0.1, -0.05) is 13.8 Å². The van der Waals surface area contributed by atoms with Crippen molar-refractivity contribution in [3.63, 3.8) is 0 Å². The van der Waals surface area contributed by atoms with Gasteiger partial charge in [-0.25, -0.2) is 9.97 Å². The summed E-state index contributed by atoms with van der Waals surface area (Å²) in [6, 6.07) is 0. The van der Waals surface area contributed by atoms with Crippen LogP contribution < -0.4 is 10.2 Å². The highest BCUT2D eigenvalue weighted by atomic mass is 32.2. The number of hydrogen-bond donors (Lipinski definition) is 1. The van der Waals surface area contributed by atoms with Gasteiger partial charge in [-0.05, 0) is 13.5 Å². The zero-order valence-electron chi connectivity index (χ0n) is 11.4. The van der Waals surface area contributed by atoms with E-state index in [1.807, 2.05) is 18.0 Å². The molecule has 0 amide bonds. The Kier molecular flexibility index (Phi) is 4.83. The largest absolute Gasteiger partial charge is 0.339 e. The van der Waals surface area contributed by atoms with E-state index in [-0.39, 0.29) is 0 Å². The minimum Gasteiger partial charge on any atom is -0.339 e. The summed E-state index contributed by atoms with van der Waals surface area (Å²) in [5.74, 6) is 2.06. The minimum absolute atomic E-state index is 0.670. The fourth-order valence-electron chi connectivity index (χ4n) is 2.07. The first kappa shape index (κ1) is 13.6. The maximum atomic E-state index is 4.65. The van der Waals surface area contributed by atoms with E-state index in [1.54, 1.807) is 0 Å². The lowest BCUT2D eigenvalue weighted by atomic mass is 10.2. The number of hydrogen-bond acceptors (Lipinski definition) is 5.